The lowest BCUT2D eigenvalue weighted by Gasteiger charge is -2.16. The van der Waals surface area contributed by atoms with Crippen LogP contribution in [0, 0.1) is 0 Å². The molecule has 0 spiro atoms. The first kappa shape index (κ1) is 32.4. The number of aryl methyl sites for hydroxylation is 2. The Kier molecular flexibility index (Phi) is 17.7. The first-order valence-corrected chi connectivity index (χ1v) is 12.5. The number of primary amides is 1. The number of rotatable bonds is 8. The molecule has 1 heterocycles. The van der Waals surface area contributed by atoms with E-state index in [-0.39, 0.29) is 0 Å². The van der Waals surface area contributed by atoms with Crippen LogP contribution in [0.15, 0.2) is 65.5 Å². The molecule has 0 bridgehead atoms. The molecule has 0 radical (unpaired) electrons. The van der Waals surface area contributed by atoms with Crippen LogP contribution in [-0.2, 0) is 17.6 Å². The van der Waals surface area contributed by atoms with Gasteiger partial charge in [0, 0.05) is 11.1 Å². The maximum Gasteiger partial charge on any atom is 0.252 e. The van der Waals surface area contributed by atoms with Gasteiger partial charge in [0.1, 0.15) is 12.5 Å². The van der Waals surface area contributed by atoms with Crippen LogP contribution in [-0.4, -0.2) is 19.8 Å². The Balaban J connectivity index is 0.00000137. The van der Waals surface area contributed by atoms with Gasteiger partial charge in [-0.05, 0) is 42.0 Å². The minimum absolute atomic E-state index is 0.433. The molecule has 5 heteroatoms. The van der Waals surface area contributed by atoms with Crippen molar-refractivity contribution in [2.45, 2.75) is 66.7 Å². The average molecular weight is 494 g/mol. The molecule has 1 aromatic heterocycles. The number of hydrogen-bond donors (Lipinski definition) is 1. The quantitative estimate of drug-likeness (QED) is 0.345. The number of nitrogens with two attached hydrogens (primary N) is 1. The normalized spacial score (nSPS) is 9.72. The monoisotopic (exact) mass is 493 g/mol. The molecule has 0 atom stereocenters. The van der Waals surface area contributed by atoms with Gasteiger partial charge in [-0.2, -0.15) is 0 Å². The van der Waals surface area contributed by atoms with Crippen LogP contribution in [0.25, 0.3) is 17.2 Å². The molecule has 0 saturated carbocycles. The molecule has 3 rings (SSSR count). The highest BCUT2D eigenvalue weighted by atomic mass is 16.5. The van der Waals surface area contributed by atoms with Gasteiger partial charge < -0.3 is 19.7 Å². The summed E-state index contributed by atoms with van der Waals surface area (Å²) < 4.78 is 10.7. The summed E-state index contributed by atoms with van der Waals surface area (Å²) in [5.74, 6) is 0.00178. The summed E-state index contributed by atoms with van der Waals surface area (Å²) in [6.07, 6.45) is 12.5. The van der Waals surface area contributed by atoms with E-state index >= 15 is 0 Å². The molecule has 0 aliphatic rings. The number of carbonyl (C=O) groups is 2. The number of hydrogen-bond acceptors (Lipinski definition) is 4. The molecular formula is C31H43NO4. The summed E-state index contributed by atoms with van der Waals surface area (Å²) >= 11 is 0. The van der Waals surface area contributed by atoms with E-state index in [1.807, 2.05) is 37.1 Å². The van der Waals surface area contributed by atoms with E-state index in [9.17, 15) is 4.79 Å². The molecule has 0 fully saturated rings. The van der Waals surface area contributed by atoms with Crippen LogP contribution in [0.3, 0.4) is 0 Å². The van der Waals surface area contributed by atoms with Crippen molar-refractivity contribution in [3.63, 3.8) is 0 Å². The summed E-state index contributed by atoms with van der Waals surface area (Å²) in [5, 5.41) is 0. The van der Waals surface area contributed by atoms with Crippen molar-refractivity contribution in [1.82, 2.24) is 0 Å². The van der Waals surface area contributed by atoms with E-state index in [2.05, 4.69) is 58.9 Å². The Bertz CT molecular complexity index is 1020. The van der Waals surface area contributed by atoms with Crippen LogP contribution in [0.2, 0.25) is 0 Å². The van der Waals surface area contributed by atoms with Crippen molar-refractivity contribution in [3.8, 4) is 16.9 Å². The average Bonchev–Trinajstić information content (AvgIpc) is 3.43. The van der Waals surface area contributed by atoms with Crippen molar-refractivity contribution < 1.29 is 18.7 Å². The third-order valence-corrected chi connectivity index (χ3v) is 4.78. The zero-order chi connectivity index (χ0) is 27.3. The van der Waals surface area contributed by atoms with Crippen LogP contribution in [0.4, 0.5) is 0 Å². The molecule has 2 aromatic carbocycles. The van der Waals surface area contributed by atoms with E-state index in [0.717, 1.165) is 29.5 Å². The molecule has 2 N–H and O–H groups in total. The SMILES string of the molecule is C=O.CC/C=C\c1ccccc1CCc1ccc(-c2ccoc2)c(OC)c1C(N)=O.CCC.CCC. The summed E-state index contributed by atoms with van der Waals surface area (Å²) in [6, 6.07) is 14.0. The first-order valence-electron chi connectivity index (χ1n) is 12.5. The number of allylic oxidation sites excluding steroid dienone is 1. The Morgan fingerprint density at radius 1 is 0.944 bits per heavy atom. The molecule has 0 aliphatic heterocycles. The highest BCUT2D eigenvalue weighted by Gasteiger charge is 2.20. The van der Waals surface area contributed by atoms with Gasteiger partial charge in [-0.25, -0.2) is 0 Å². The van der Waals surface area contributed by atoms with Gasteiger partial charge in [-0.15, -0.1) is 0 Å². The zero-order valence-corrected chi connectivity index (χ0v) is 22.8. The molecule has 0 unspecified atom stereocenters. The van der Waals surface area contributed by atoms with Gasteiger partial charge in [-0.3, -0.25) is 4.79 Å². The van der Waals surface area contributed by atoms with Gasteiger partial charge in [0.15, 0.2) is 0 Å². The maximum absolute atomic E-state index is 12.3. The lowest BCUT2D eigenvalue weighted by molar-refractivity contribution is -0.0980. The smallest absolute Gasteiger partial charge is 0.252 e. The molecular weight excluding hydrogens is 450 g/mol. The van der Waals surface area contributed by atoms with E-state index in [1.54, 1.807) is 19.6 Å². The third-order valence-electron chi connectivity index (χ3n) is 4.78. The molecule has 196 valence electrons. The zero-order valence-electron chi connectivity index (χ0n) is 22.8. The fraction of sp³-hybridized carbons (Fsp3) is 0.355. The van der Waals surface area contributed by atoms with Crippen LogP contribution in [0.5, 0.6) is 5.75 Å². The number of furan rings is 1. The van der Waals surface area contributed by atoms with E-state index in [0.29, 0.717) is 17.7 Å². The molecule has 3 aromatic rings. The van der Waals surface area contributed by atoms with Gasteiger partial charge in [0.05, 0.1) is 25.2 Å². The van der Waals surface area contributed by atoms with Gasteiger partial charge in [0.2, 0.25) is 0 Å². The number of benzene rings is 2. The first-order chi connectivity index (χ1) is 17.5. The van der Waals surface area contributed by atoms with Crippen molar-refractivity contribution in [3.05, 3.63) is 83.3 Å². The fourth-order valence-electron chi connectivity index (χ4n) is 3.40. The Labute approximate surface area is 217 Å². The van der Waals surface area contributed by atoms with Gasteiger partial charge in [0.25, 0.3) is 5.91 Å². The van der Waals surface area contributed by atoms with E-state index in [1.165, 1.54) is 24.0 Å². The highest BCUT2D eigenvalue weighted by Crippen LogP contribution is 2.35. The topological polar surface area (TPSA) is 82.5 Å². The predicted octanol–water partition coefficient (Wildman–Crippen LogP) is 7.91. The van der Waals surface area contributed by atoms with Gasteiger partial charge in [-0.1, -0.05) is 96.0 Å². The number of amides is 1. The Morgan fingerprint density at radius 2 is 1.56 bits per heavy atom. The van der Waals surface area contributed by atoms with Crippen LogP contribution in [0.1, 0.15) is 80.9 Å². The van der Waals surface area contributed by atoms with Crippen molar-refractivity contribution in [2.24, 2.45) is 5.73 Å². The molecule has 1 amide bonds. The number of ether oxygens (including phenoxy) is 1. The van der Waals surface area contributed by atoms with E-state index in [4.69, 9.17) is 19.7 Å². The minimum Gasteiger partial charge on any atom is -0.495 e. The number of carbonyl (C=O) groups excluding carboxylic acids is 2. The lowest BCUT2D eigenvalue weighted by atomic mass is 9.93. The molecule has 36 heavy (non-hydrogen) atoms. The fourth-order valence-corrected chi connectivity index (χ4v) is 3.40. The standard InChI is InChI=1S/C24H25NO3.2C3H8.CH2O/c1-3-4-7-17-8-5-6-9-18(17)10-11-19-12-13-21(20-14-15-28-16-20)23(27-2)22(19)24(25)26;2*1-3-2;1-2/h4-9,12-16H,3,10-11H2,1-2H3,(H2,25,26);2*3H2,1-2H3;1H2/b7-4-;;;. The van der Waals surface area contributed by atoms with Crippen molar-refractivity contribution in [2.75, 3.05) is 7.11 Å². The molecule has 0 saturated heterocycles. The second-order valence-electron chi connectivity index (χ2n) is 7.98. The molecule has 0 aliphatic carbocycles. The summed E-state index contributed by atoms with van der Waals surface area (Å²) in [4.78, 5) is 20.3. The second-order valence-corrected chi connectivity index (χ2v) is 7.98. The maximum atomic E-state index is 12.3. The summed E-state index contributed by atoms with van der Waals surface area (Å²) in [7, 11) is 1.56. The summed E-state index contributed by atoms with van der Waals surface area (Å²) in [5.41, 5.74) is 11.1. The second kappa shape index (κ2) is 19.7. The van der Waals surface area contributed by atoms with Crippen molar-refractivity contribution in [1.29, 1.82) is 0 Å². The van der Waals surface area contributed by atoms with Crippen molar-refractivity contribution >= 4 is 18.8 Å². The predicted molar refractivity (Wildman–Crippen MR) is 151 cm³/mol. The highest BCUT2D eigenvalue weighted by molar-refractivity contribution is 6.00. The number of methoxy groups -OCH3 is 1. The van der Waals surface area contributed by atoms with Crippen LogP contribution >= 0.6 is 0 Å². The third kappa shape index (κ3) is 10.3. The summed E-state index contributed by atoms with van der Waals surface area (Å²) in [6.45, 7) is 12.6. The Hall–Kier alpha value is -3.60. The minimum atomic E-state index is -0.489. The molecule has 5 nitrogen and oxygen atoms in total. The largest absolute Gasteiger partial charge is 0.495 e. The van der Waals surface area contributed by atoms with E-state index < -0.39 is 5.91 Å². The van der Waals surface area contributed by atoms with Crippen LogP contribution < -0.4 is 10.5 Å². The lowest BCUT2D eigenvalue weighted by Crippen LogP contribution is -2.16. The Morgan fingerprint density at radius 3 is 2.08 bits per heavy atom. The van der Waals surface area contributed by atoms with Gasteiger partial charge >= 0.3 is 0 Å².